The van der Waals surface area contributed by atoms with E-state index in [4.69, 9.17) is 10.5 Å². The zero-order valence-corrected chi connectivity index (χ0v) is 5.05. The van der Waals surface area contributed by atoms with E-state index in [-0.39, 0.29) is 0 Å². The lowest BCUT2D eigenvalue weighted by molar-refractivity contribution is 1.44. The minimum Gasteiger partial charge on any atom is -0.273 e. The molecule has 0 aromatic heterocycles. The van der Waals surface area contributed by atoms with Crippen LogP contribution in [0.3, 0.4) is 0 Å². The quantitative estimate of drug-likeness (QED) is 0.487. The van der Waals surface area contributed by atoms with E-state index in [1.807, 2.05) is 12.1 Å². The molecular weight excluding hydrogens is 124 g/mol. The Labute approximate surface area is 58.9 Å². The normalized spacial score (nSPS) is 7.80. The molecule has 0 spiro atoms. The molecule has 0 heterocycles. The van der Waals surface area contributed by atoms with Gasteiger partial charge in [0.05, 0.1) is 0 Å². The second-order valence-electron chi connectivity index (χ2n) is 1.63. The highest BCUT2D eigenvalue weighted by atomic mass is 14.2. The first-order valence-corrected chi connectivity index (χ1v) is 2.60. The molecule has 0 amide bonds. The van der Waals surface area contributed by atoms with Crippen LogP contribution in [0.25, 0.3) is 0 Å². The largest absolute Gasteiger partial charge is 0.273 e. The van der Waals surface area contributed by atoms with Gasteiger partial charge in [0.2, 0.25) is 0 Å². The molecule has 46 valence electrons. The summed E-state index contributed by atoms with van der Waals surface area (Å²) in [4.78, 5) is 0. The molecule has 0 atom stereocenters. The molecule has 10 heavy (non-hydrogen) atoms. The highest BCUT2D eigenvalue weighted by Gasteiger charge is 1.69. The lowest BCUT2D eigenvalue weighted by Gasteiger charge is -2.05. The van der Waals surface area contributed by atoms with E-state index in [1.165, 1.54) is 12.1 Å². The minimum absolute atomic E-state index is 0.402. The fourth-order valence-corrected chi connectivity index (χ4v) is 0.512. The van der Waals surface area contributed by atoms with Crippen molar-refractivity contribution in [1.82, 2.24) is 0 Å². The van der Waals surface area contributed by atoms with Gasteiger partial charge in [-0.05, 0) is 0 Å². The third-order valence-electron chi connectivity index (χ3n) is 0.985. The van der Waals surface area contributed by atoms with Crippen molar-refractivity contribution in [1.29, 1.82) is 10.5 Å². The summed E-state index contributed by atoms with van der Waals surface area (Å²) < 4.78 is 0. The first kappa shape index (κ1) is 6.32. The molecule has 0 radical (unpaired) electrons. The van der Waals surface area contributed by atoms with E-state index in [2.05, 4.69) is 12.1 Å². The van der Waals surface area contributed by atoms with Gasteiger partial charge in [-0.15, -0.1) is 0 Å². The first-order chi connectivity index (χ1) is 4.86. The number of hydrogen-bond acceptors (Lipinski definition) is 2. The molecule has 0 bridgehead atoms. The standard InChI is InChI=1S/C8H2N2/c9-5-7-1-2-8(6-10)4-3-7/h1,4H/q-2. The first-order valence-electron chi connectivity index (χ1n) is 2.60. The number of benzene rings is 1. The van der Waals surface area contributed by atoms with E-state index in [0.717, 1.165) is 0 Å². The molecule has 2 nitrogen and oxygen atoms in total. The molecule has 0 aliphatic rings. The Balaban J connectivity index is 3.08. The summed E-state index contributed by atoms with van der Waals surface area (Å²) in [5, 5.41) is 16.6. The number of nitrogens with zero attached hydrogens (tertiary/aromatic N) is 2. The van der Waals surface area contributed by atoms with Gasteiger partial charge in [0, 0.05) is 0 Å². The topological polar surface area (TPSA) is 47.6 Å². The van der Waals surface area contributed by atoms with Crippen LogP contribution in [0, 0.1) is 34.8 Å². The maximum Gasteiger partial charge on any atom is -0.0790 e. The Morgan fingerprint density at radius 1 is 1.00 bits per heavy atom. The van der Waals surface area contributed by atoms with Crippen LogP contribution in [0.4, 0.5) is 0 Å². The smallest absolute Gasteiger partial charge is 0.0790 e. The van der Waals surface area contributed by atoms with E-state index >= 15 is 0 Å². The monoisotopic (exact) mass is 126 g/mol. The summed E-state index contributed by atoms with van der Waals surface area (Å²) in [6, 6.07) is 11.9. The predicted octanol–water partition coefficient (Wildman–Crippen LogP) is 1.03. The van der Waals surface area contributed by atoms with Crippen molar-refractivity contribution in [3.8, 4) is 12.1 Å². The highest BCUT2D eigenvalue weighted by molar-refractivity contribution is 5.34. The highest BCUT2D eigenvalue weighted by Crippen LogP contribution is 1.98. The number of nitriles is 2. The molecule has 1 rings (SSSR count). The van der Waals surface area contributed by atoms with Gasteiger partial charge in [-0.2, -0.15) is 11.1 Å². The van der Waals surface area contributed by atoms with Crippen LogP contribution in [-0.2, 0) is 0 Å². The average Bonchev–Trinajstić information content (AvgIpc) is 2.05. The summed E-state index contributed by atoms with van der Waals surface area (Å²) >= 11 is 0. The zero-order valence-electron chi connectivity index (χ0n) is 5.05. The molecule has 1 aromatic carbocycles. The van der Waals surface area contributed by atoms with Gasteiger partial charge in [0.15, 0.2) is 0 Å². The second-order valence-corrected chi connectivity index (χ2v) is 1.63. The predicted molar refractivity (Wildman–Crippen MR) is 33.5 cm³/mol. The number of rotatable bonds is 0. The molecule has 0 unspecified atom stereocenters. The summed E-state index contributed by atoms with van der Waals surface area (Å²) in [6.45, 7) is 0. The van der Waals surface area contributed by atoms with Crippen molar-refractivity contribution in [3.05, 3.63) is 35.4 Å². The molecule has 0 saturated carbocycles. The van der Waals surface area contributed by atoms with E-state index in [1.54, 1.807) is 0 Å². The lowest BCUT2D eigenvalue weighted by Crippen LogP contribution is -1.76. The van der Waals surface area contributed by atoms with Gasteiger partial charge in [0.25, 0.3) is 0 Å². The molecule has 0 saturated heterocycles. The van der Waals surface area contributed by atoms with Crippen LogP contribution in [-0.4, -0.2) is 0 Å². The summed E-state index contributed by atoms with van der Waals surface area (Å²) in [6.07, 6.45) is 0. The Morgan fingerprint density at radius 3 is 1.60 bits per heavy atom. The Morgan fingerprint density at radius 2 is 1.40 bits per heavy atom. The fourth-order valence-electron chi connectivity index (χ4n) is 0.512. The summed E-state index contributed by atoms with van der Waals surface area (Å²) in [5.41, 5.74) is 0.804. The van der Waals surface area contributed by atoms with Crippen LogP contribution in [0.1, 0.15) is 11.1 Å². The summed E-state index contributed by atoms with van der Waals surface area (Å²) in [5.74, 6) is 0. The van der Waals surface area contributed by atoms with E-state index in [0.29, 0.717) is 11.1 Å². The molecule has 0 fully saturated rings. The molecule has 0 aliphatic heterocycles. The van der Waals surface area contributed by atoms with Crippen molar-refractivity contribution >= 4 is 0 Å². The van der Waals surface area contributed by atoms with Gasteiger partial charge in [0.1, 0.15) is 0 Å². The fraction of sp³-hybridized carbons (Fsp3) is 0. The Kier molecular flexibility index (Phi) is 1.68. The van der Waals surface area contributed by atoms with Crippen molar-refractivity contribution in [3.63, 3.8) is 0 Å². The molecule has 0 N–H and O–H groups in total. The van der Waals surface area contributed by atoms with E-state index in [9.17, 15) is 0 Å². The number of hydrogen-bond donors (Lipinski definition) is 0. The third kappa shape index (κ3) is 1.13. The van der Waals surface area contributed by atoms with Crippen molar-refractivity contribution in [2.75, 3.05) is 0 Å². The van der Waals surface area contributed by atoms with Crippen LogP contribution < -0.4 is 0 Å². The van der Waals surface area contributed by atoms with Crippen molar-refractivity contribution in [2.45, 2.75) is 0 Å². The molecular formula is C8H2N2-2. The van der Waals surface area contributed by atoms with Gasteiger partial charge in [-0.3, -0.25) is 10.5 Å². The Bertz CT molecular complexity index is 265. The van der Waals surface area contributed by atoms with Crippen molar-refractivity contribution in [2.24, 2.45) is 0 Å². The van der Waals surface area contributed by atoms with Crippen LogP contribution in [0.2, 0.25) is 0 Å². The van der Waals surface area contributed by atoms with Crippen LogP contribution in [0.15, 0.2) is 12.1 Å². The van der Waals surface area contributed by atoms with E-state index < -0.39 is 0 Å². The molecule has 0 aliphatic carbocycles. The van der Waals surface area contributed by atoms with Gasteiger partial charge < -0.3 is 0 Å². The minimum atomic E-state index is 0.402. The van der Waals surface area contributed by atoms with Crippen LogP contribution >= 0.6 is 0 Å². The molecule has 2 heteroatoms. The van der Waals surface area contributed by atoms with Gasteiger partial charge >= 0.3 is 0 Å². The van der Waals surface area contributed by atoms with Gasteiger partial charge in [-0.1, -0.05) is 12.1 Å². The van der Waals surface area contributed by atoms with Crippen molar-refractivity contribution < 1.29 is 0 Å². The zero-order chi connectivity index (χ0) is 7.40. The maximum absolute atomic E-state index is 8.32. The maximum atomic E-state index is 8.32. The third-order valence-corrected chi connectivity index (χ3v) is 0.985. The molecule has 1 aromatic rings. The SMILES string of the molecule is N#Cc1[c-]cc(C#N)[c-]c1. The van der Waals surface area contributed by atoms with Crippen LogP contribution in [0.5, 0.6) is 0 Å². The second kappa shape index (κ2) is 2.66. The Hall–Kier alpha value is -1.80. The summed E-state index contributed by atoms with van der Waals surface area (Å²) in [7, 11) is 0. The van der Waals surface area contributed by atoms with Gasteiger partial charge in [-0.25, -0.2) is 24.3 Å². The average molecular weight is 126 g/mol. The lowest BCUT2D eigenvalue weighted by atomic mass is 10.2.